The third-order valence-corrected chi connectivity index (χ3v) is 3.23. The lowest BCUT2D eigenvalue weighted by molar-refractivity contribution is -0.384. The second kappa shape index (κ2) is 8.04. The highest BCUT2D eigenvalue weighted by molar-refractivity contribution is 5.95. The van der Waals surface area contributed by atoms with Crippen LogP contribution in [-0.4, -0.2) is 40.0 Å². The summed E-state index contributed by atoms with van der Waals surface area (Å²) in [5.41, 5.74) is 0.490. The van der Waals surface area contributed by atoms with Crippen LogP contribution < -0.4 is 10.6 Å². The van der Waals surface area contributed by atoms with Crippen LogP contribution in [0.4, 0.5) is 5.69 Å². The van der Waals surface area contributed by atoms with E-state index in [0.29, 0.717) is 18.8 Å². The fraction of sp³-hybridized carbons (Fsp3) is 0.333. The van der Waals surface area contributed by atoms with Crippen molar-refractivity contribution in [2.24, 2.45) is 0 Å². The molecule has 2 N–H and O–H groups in total. The third-order valence-electron chi connectivity index (χ3n) is 3.23. The molecular formula is C15H19N5O3. The Bertz CT molecular complexity index is 670. The summed E-state index contributed by atoms with van der Waals surface area (Å²) in [4.78, 5) is 26.7. The lowest BCUT2D eigenvalue weighted by Gasteiger charge is -2.08. The first-order valence-corrected chi connectivity index (χ1v) is 7.39. The standard InChI is InChI=1S/C15H19N5O3/c1-2-5-16-6-7-18-15(21)12-3-4-13(14(10-12)20(22)23)19-9-8-17-11-19/h3-4,8-11,16H,2,5-7H2,1H3,(H,18,21). The highest BCUT2D eigenvalue weighted by Crippen LogP contribution is 2.24. The lowest BCUT2D eigenvalue weighted by Crippen LogP contribution is -2.32. The van der Waals surface area contributed by atoms with Crippen molar-refractivity contribution in [2.75, 3.05) is 19.6 Å². The molecule has 0 unspecified atom stereocenters. The van der Waals surface area contributed by atoms with E-state index in [1.807, 2.05) is 0 Å². The van der Waals surface area contributed by atoms with Crippen LogP contribution in [0, 0.1) is 10.1 Å². The second-order valence-electron chi connectivity index (χ2n) is 4.94. The summed E-state index contributed by atoms with van der Waals surface area (Å²) in [6.07, 6.45) is 5.65. The van der Waals surface area contributed by atoms with Crippen LogP contribution in [0.5, 0.6) is 0 Å². The first kappa shape index (κ1) is 16.6. The minimum atomic E-state index is -0.505. The van der Waals surface area contributed by atoms with Crippen LogP contribution in [0.3, 0.4) is 0 Å². The Balaban J connectivity index is 2.10. The van der Waals surface area contributed by atoms with E-state index in [4.69, 9.17) is 0 Å². The van der Waals surface area contributed by atoms with Gasteiger partial charge in [0.25, 0.3) is 11.6 Å². The summed E-state index contributed by atoms with van der Waals surface area (Å²) < 4.78 is 1.54. The van der Waals surface area contributed by atoms with Crippen molar-refractivity contribution in [3.8, 4) is 5.69 Å². The van der Waals surface area contributed by atoms with Gasteiger partial charge in [-0.05, 0) is 25.1 Å². The SMILES string of the molecule is CCCNCCNC(=O)c1ccc(-n2ccnc2)c([N+](=O)[O-])c1. The highest BCUT2D eigenvalue weighted by Gasteiger charge is 2.18. The number of carbonyl (C=O) groups excluding carboxylic acids is 1. The van der Waals surface area contributed by atoms with E-state index < -0.39 is 4.92 Å². The molecule has 0 spiro atoms. The molecule has 1 amide bonds. The van der Waals surface area contributed by atoms with Crippen molar-refractivity contribution in [2.45, 2.75) is 13.3 Å². The lowest BCUT2D eigenvalue weighted by atomic mass is 10.1. The first-order chi connectivity index (χ1) is 11.1. The number of nitrogens with zero attached hydrogens (tertiary/aromatic N) is 3. The van der Waals surface area contributed by atoms with Crippen LogP contribution in [0.1, 0.15) is 23.7 Å². The van der Waals surface area contributed by atoms with E-state index in [1.165, 1.54) is 23.2 Å². The maximum atomic E-state index is 12.1. The number of aromatic nitrogens is 2. The Morgan fingerprint density at radius 2 is 2.17 bits per heavy atom. The van der Waals surface area contributed by atoms with Crippen molar-refractivity contribution in [1.82, 2.24) is 20.2 Å². The zero-order valence-corrected chi connectivity index (χ0v) is 12.9. The molecule has 0 aliphatic carbocycles. The first-order valence-electron chi connectivity index (χ1n) is 7.39. The van der Waals surface area contributed by atoms with Crippen LogP contribution in [0.2, 0.25) is 0 Å². The summed E-state index contributed by atoms with van der Waals surface area (Å²) in [5.74, 6) is -0.330. The molecule has 8 heteroatoms. The number of benzene rings is 1. The van der Waals surface area contributed by atoms with E-state index in [9.17, 15) is 14.9 Å². The molecule has 1 aromatic heterocycles. The predicted octanol–water partition coefficient (Wildman–Crippen LogP) is 1.51. The minimum absolute atomic E-state index is 0.139. The highest BCUT2D eigenvalue weighted by atomic mass is 16.6. The zero-order chi connectivity index (χ0) is 16.7. The van der Waals surface area contributed by atoms with Crippen LogP contribution >= 0.6 is 0 Å². The van der Waals surface area contributed by atoms with Gasteiger partial charge >= 0.3 is 0 Å². The molecule has 0 saturated heterocycles. The van der Waals surface area contributed by atoms with E-state index >= 15 is 0 Å². The number of imidazole rings is 1. The van der Waals surface area contributed by atoms with E-state index in [2.05, 4.69) is 22.5 Å². The molecular weight excluding hydrogens is 298 g/mol. The largest absolute Gasteiger partial charge is 0.351 e. The molecule has 0 atom stereocenters. The minimum Gasteiger partial charge on any atom is -0.351 e. The normalized spacial score (nSPS) is 10.5. The average molecular weight is 317 g/mol. The quantitative estimate of drug-likeness (QED) is 0.436. The van der Waals surface area contributed by atoms with Crippen molar-refractivity contribution in [3.05, 3.63) is 52.6 Å². The zero-order valence-electron chi connectivity index (χ0n) is 12.9. The van der Waals surface area contributed by atoms with Crippen LogP contribution in [-0.2, 0) is 0 Å². The molecule has 0 fully saturated rings. The summed E-state index contributed by atoms with van der Waals surface area (Å²) in [6, 6.07) is 4.39. The van der Waals surface area contributed by atoms with Crippen molar-refractivity contribution in [1.29, 1.82) is 0 Å². The molecule has 0 bridgehead atoms. The van der Waals surface area contributed by atoms with Gasteiger partial charge in [0.15, 0.2) is 0 Å². The number of nitrogens with one attached hydrogen (secondary N) is 2. The number of amides is 1. The number of nitro benzene ring substituents is 1. The number of hydrogen-bond acceptors (Lipinski definition) is 5. The van der Waals surface area contributed by atoms with Crippen LogP contribution in [0.15, 0.2) is 36.9 Å². The molecule has 8 nitrogen and oxygen atoms in total. The second-order valence-corrected chi connectivity index (χ2v) is 4.94. The van der Waals surface area contributed by atoms with E-state index in [1.54, 1.807) is 18.3 Å². The number of rotatable bonds is 8. The number of carbonyl (C=O) groups is 1. The summed E-state index contributed by atoms with van der Waals surface area (Å²) in [6.45, 7) is 4.08. The summed E-state index contributed by atoms with van der Waals surface area (Å²) in [5, 5.41) is 17.2. The molecule has 2 aromatic rings. The molecule has 0 radical (unpaired) electrons. The molecule has 122 valence electrons. The maximum absolute atomic E-state index is 12.1. The van der Waals surface area contributed by atoms with E-state index in [-0.39, 0.29) is 17.2 Å². The predicted molar refractivity (Wildman–Crippen MR) is 85.7 cm³/mol. The van der Waals surface area contributed by atoms with Gasteiger partial charge in [-0.3, -0.25) is 14.9 Å². The Labute approximate surface area is 133 Å². The Morgan fingerprint density at radius 1 is 1.35 bits per heavy atom. The molecule has 23 heavy (non-hydrogen) atoms. The van der Waals surface area contributed by atoms with Gasteiger partial charge in [-0.2, -0.15) is 0 Å². The Morgan fingerprint density at radius 3 is 2.83 bits per heavy atom. The maximum Gasteiger partial charge on any atom is 0.294 e. The average Bonchev–Trinajstić information content (AvgIpc) is 3.08. The van der Waals surface area contributed by atoms with Gasteiger partial charge in [-0.15, -0.1) is 0 Å². The van der Waals surface area contributed by atoms with Crippen LogP contribution in [0.25, 0.3) is 5.69 Å². The van der Waals surface area contributed by atoms with E-state index in [0.717, 1.165) is 13.0 Å². The van der Waals surface area contributed by atoms with Gasteiger partial charge in [0.1, 0.15) is 5.69 Å². The smallest absolute Gasteiger partial charge is 0.294 e. The topological polar surface area (TPSA) is 102 Å². The molecule has 0 saturated carbocycles. The van der Waals surface area contributed by atoms with Gasteiger partial charge in [0.05, 0.1) is 11.3 Å². The summed E-state index contributed by atoms with van der Waals surface area (Å²) >= 11 is 0. The molecule has 0 aliphatic rings. The van der Waals surface area contributed by atoms with Crippen molar-refractivity contribution < 1.29 is 9.72 Å². The van der Waals surface area contributed by atoms with Gasteiger partial charge in [0.2, 0.25) is 0 Å². The third kappa shape index (κ3) is 4.36. The Hall–Kier alpha value is -2.74. The molecule has 0 aliphatic heterocycles. The number of nitro groups is 1. The molecule has 2 rings (SSSR count). The summed E-state index contributed by atoms with van der Waals surface area (Å²) in [7, 11) is 0. The molecule has 1 aromatic carbocycles. The van der Waals surface area contributed by atoms with Gasteiger partial charge in [-0.1, -0.05) is 6.92 Å². The number of hydrogen-bond donors (Lipinski definition) is 2. The fourth-order valence-corrected chi connectivity index (χ4v) is 2.10. The Kier molecular flexibility index (Phi) is 5.81. The van der Waals surface area contributed by atoms with Crippen molar-refractivity contribution in [3.63, 3.8) is 0 Å². The monoisotopic (exact) mass is 317 g/mol. The fourth-order valence-electron chi connectivity index (χ4n) is 2.10. The van der Waals surface area contributed by atoms with Crippen molar-refractivity contribution >= 4 is 11.6 Å². The molecule has 1 heterocycles. The van der Waals surface area contributed by atoms with Gasteiger partial charge < -0.3 is 15.2 Å². The van der Waals surface area contributed by atoms with Gasteiger partial charge in [-0.25, -0.2) is 4.98 Å². The van der Waals surface area contributed by atoms with Gasteiger partial charge in [0, 0.05) is 37.1 Å².